The van der Waals surface area contributed by atoms with Gasteiger partial charge in [-0.3, -0.25) is 0 Å². The quantitative estimate of drug-likeness (QED) is 0.548. The summed E-state index contributed by atoms with van der Waals surface area (Å²) in [6.45, 7) is 17.9. The molecule has 7 nitrogen and oxygen atoms in total. The summed E-state index contributed by atoms with van der Waals surface area (Å²) in [6.07, 6.45) is 2.00. The molecule has 0 saturated heterocycles. The summed E-state index contributed by atoms with van der Waals surface area (Å²) >= 11 is 0. The molecule has 0 fully saturated rings. The second-order valence-electron chi connectivity index (χ2n) is 4.01. The van der Waals surface area contributed by atoms with Crippen LogP contribution in [0.15, 0.2) is 0 Å². The van der Waals surface area contributed by atoms with E-state index in [0.717, 1.165) is 39.3 Å². The van der Waals surface area contributed by atoms with E-state index in [-0.39, 0.29) is 13.4 Å². The third kappa shape index (κ3) is 205. The van der Waals surface area contributed by atoms with Gasteiger partial charge in [-0.2, -0.15) is 0 Å². The molecule has 0 atom stereocenters. The van der Waals surface area contributed by atoms with E-state index >= 15 is 0 Å². The zero-order chi connectivity index (χ0) is 21.9. The Balaban J connectivity index is -0.0000000466. The largest absolute Gasteiger partial charge is 0.397 e. The molecule has 0 rings (SSSR count). The van der Waals surface area contributed by atoms with Gasteiger partial charge in [0.05, 0.1) is 0 Å². The summed E-state index contributed by atoms with van der Waals surface area (Å²) in [7, 11) is 3.39. The summed E-state index contributed by atoms with van der Waals surface area (Å²) in [5, 5.41) is 23.3. The molecule has 0 saturated carbocycles. The van der Waals surface area contributed by atoms with Crippen LogP contribution in [0.25, 0.3) is 0 Å². The summed E-state index contributed by atoms with van der Waals surface area (Å²) < 4.78 is 18.5. The van der Waals surface area contributed by atoms with E-state index in [9.17, 15) is 0 Å². The van der Waals surface area contributed by atoms with Crippen LogP contribution < -0.4 is 0 Å². The third-order valence-corrected chi connectivity index (χ3v) is 1.62. The van der Waals surface area contributed by atoms with Gasteiger partial charge in [0.1, 0.15) is 6.79 Å². The van der Waals surface area contributed by atoms with Crippen molar-refractivity contribution < 1.29 is 34.3 Å². The Kier molecular flexibility index (Phi) is 115. The molecule has 0 aromatic heterocycles. The molecule has 0 bridgehead atoms. The summed E-state index contributed by atoms with van der Waals surface area (Å²) in [5.74, 6) is 0. The molecule has 0 aliphatic rings. The predicted molar refractivity (Wildman–Crippen MR) is 111 cm³/mol. The van der Waals surface area contributed by atoms with Crippen molar-refractivity contribution in [3.63, 3.8) is 0 Å². The number of hydrogen-bond acceptors (Lipinski definition) is 7. The van der Waals surface area contributed by atoms with Gasteiger partial charge in [0, 0.05) is 60.5 Å². The lowest BCUT2D eigenvalue weighted by molar-refractivity contribution is 0.00539. The number of hydrogen-bond donors (Lipinski definition) is 3. The van der Waals surface area contributed by atoms with E-state index in [0.29, 0.717) is 13.2 Å². The van der Waals surface area contributed by atoms with Gasteiger partial charge in [-0.05, 0) is 47.5 Å². The molecule has 168 valence electrons. The summed E-state index contributed by atoms with van der Waals surface area (Å²) in [5.41, 5.74) is 0. The summed E-state index contributed by atoms with van der Waals surface area (Å²) in [6, 6.07) is 0. The molecule has 0 aliphatic heterocycles. The minimum Gasteiger partial charge on any atom is -0.397 e. The highest BCUT2D eigenvalue weighted by molar-refractivity contribution is 4.15. The molecule has 3 N–H and O–H groups in total. The number of methoxy groups -OCH3 is 2. The lowest BCUT2D eigenvalue weighted by atomic mass is 10.5. The van der Waals surface area contributed by atoms with Crippen LogP contribution in [0.4, 0.5) is 0 Å². The lowest BCUT2D eigenvalue weighted by Gasteiger charge is -1.86. The van der Waals surface area contributed by atoms with E-state index in [1.54, 1.807) is 21.1 Å². The molecule has 0 unspecified atom stereocenters. The lowest BCUT2D eigenvalue weighted by Crippen LogP contribution is -1.88. The fraction of sp³-hybridized carbons (Fsp3) is 1.00. The molecular weight excluding hydrogens is 340 g/mol. The first-order valence-corrected chi connectivity index (χ1v) is 9.45. The first kappa shape index (κ1) is 40.4. The average Bonchev–Trinajstić information content (AvgIpc) is 2.66. The van der Waals surface area contributed by atoms with Gasteiger partial charge in [0.25, 0.3) is 0 Å². The summed E-state index contributed by atoms with van der Waals surface area (Å²) in [4.78, 5) is 0. The van der Waals surface area contributed by atoms with Gasteiger partial charge in [0.2, 0.25) is 0 Å². The van der Waals surface area contributed by atoms with Crippen molar-refractivity contribution in [2.24, 2.45) is 0 Å². The Morgan fingerprint density at radius 1 is 0.577 bits per heavy atom. The highest BCUT2D eigenvalue weighted by Crippen LogP contribution is 1.70. The normalized spacial score (nSPS) is 7.85. The van der Waals surface area contributed by atoms with E-state index < -0.39 is 0 Å². The molecule has 0 aromatic carbocycles. The van der Waals surface area contributed by atoms with Crippen molar-refractivity contribution in [1.29, 1.82) is 0 Å². The van der Waals surface area contributed by atoms with Crippen LogP contribution in [0.3, 0.4) is 0 Å². The number of aliphatic hydroxyl groups is 3. The smallest absolute Gasteiger partial charge is 0.143 e. The molecule has 0 radical (unpaired) electrons. The Morgan fingerprint density at radius 3 is 0.923 bits per heavy atom. The topological polar surface area (TPSA) is 97.6 Å². The minimum absolute atomic E-state index is 0.156. The monoisotopic (exact) mass is 390 g/mol. The molecule has 0 aromatic rings. The van der Waals surface area contributed by atoms with E-state index in [4.69, 9.17) is 24.8 Å². The standard InChI is InChI=1S/2C4H10O.C3H8O2.2C3H8O.C2H6O/c1-3-4-5-2;1-3-5-4-2;1-2-5-3-4;1-3-4-2;1-2-3-4;1-2-3/h2*3-4H2,1-2H3;4H,2-3H2,1H3;3H2,1-2H3;4H,2-3H2,1H3;3H,2H2,1H3. The molecule has 0 heterocycles. The Morgan fingerprint density at radius 2 is 0.923 bits per heavy atom. The van der Waals surface area contributed by atoms with Crippen molar-refractivity contribution in [2.75, 3.05) is 67.3 Å². The van der Waals surface area contributed by atoms with E-state index in [2.05, 4.69) is 16.4 Å². The first-order chi connectivity index (χ1) is 12.5. The highest BCUT2D eigenvalue weighted by atomic mass is 16.6. The number of ether oxygens (including phenoxy) is 4. The molecular formula is C19H50O7. The van der Waals surface area contributed by atoms with Crippen molar-refractivity contribution >= 4 is 0 Å². The molecule has 0 spiro atoms. The van der Waals surface area contributed by atoms with Crippen LogP contribution >= 0.6 is 0 Å². The average molecular weight is 391 g/mol. The first-order valence-electron chi connectivity index (χ1n) is 9.45. The van der Waals surface area contributed by atoms with E-state index in [1.807, 2.05) is 34.6 Å². The van der Waals surface area contributed by atoms with Crippen molar-refractivity contribution in [3.8, 4) is 0 Å². The third-order valence-electron chi connectivity index (χ3n) is 1.62. The fourth-order valence-electron chi connectivity index (χ4n) is 0.500. The molecule has 0 aliphatic carbocycles. The van der Waals surface area contributed by atoms with Gasteiger partial charge >= 0.3 is 0 Å². The van der Waals surface area contributed by atoms with Crippen molar-refractivity contribution in [1.82, 2.24) is 0 Å². The predicted octanol–water partition coefficient (Wildman–Crippen LogP) is 3.10. The van der Waals surface area contributed by atoms with Gasteiger partial charge in [-0.1, -0.05) is 13.8 Å². The van der Waals surface area contributed by atoms with Crippen molar-refractivity contribution in [2.45, 2.75) is 61.3 Å². The van der Waals surface area contributed by atoms with E-state index in [1.165, 1.54) is 0 Å². The van der Waals surface area contributed by atoms with Crippen LogP contribution in [-0.2, 0) is 18.9 Å². The second-order valence-corrected chi connectivity index (χ2v) is 4.01. The maximum Gasteiger partial charge on any atom is 0.143 e. The number of rotatable bonds is 8. The molecule has 7 heteroatoms. The van der Waals surface area contributed by atoms with Crippen LogP contribution in [-0.4, -0.2) is 82.6 Å². The van der Waals surface area contributed by atoms with Gasteiger partial charge < -0.3 is 34.3 Å². The van der Waals surface area contributed by atoms with Crippen molar-refractivity contribution in [3.05, 3.63) is 0 Å². The zero-order valence-corrected chi connectivity index (χ0v) is 19.0. The number of aliphatic hydroxyl groups excluding tert-OH is 3. The fourth-order valence-corrected chi connectivity index (χ4v) is 0.500. The van der Waals surface area contributed by atoms with Crippen LogP contribution in [0, 0.1) is 0 Å². The Hall–Kier alpha value is -0.280. The molecule has 0 amide bonds. The van der Waals surface area contributed by atoms with Gasteiger partial charge in [0.15, 0.2) is 0 Å². The van der Waals surface area contributed by atoms with Crippen LogP contribution in [0.1, 0.15) is 61.3 Å². The molecule has 26 heavy (non-hydrogen) atoms. The maximum absolute atomic E-state index is 7.88. The zero-order valence-electron chi connectivity index (χ0n) is 19.0. The van der Waals surface area contributed by atoms with Gasteiger partial charge in [-0.25, -0.2) is 0 Å². The van der Waals surface area contributed by atoms with Crippen LogP contribution in [0.5, 0.6) is 0 Å². The SMILES string of the molecule is CCCO.CCCOC.CCO.CCOC.CCOCC.CCOCO. The second kappa shape index (κ2) is 73.9. The highest BCUT2D eigenvalue weighted by Gasteiger charge is 1.66. The van der Waals surface area contributed by atoms with Crippen LogP contribution in [0.2, 0.25) is 0 Å². The Bertz CT molecular complexity index is 100. The maximum atomic E-state index is 7.88. The Labute approximate surface area is 163 Å². The van der Waals surface area contributed by atoms with Gasteiger partial charge in [-0.15, -0.1) is 0 Å². The minimum atomic E-state index is -0.156.